The van der Waals surface area contributed by atoms with Crippen molar-refractivity contribution >= 4 is 23.0 Å². The van der Waals surface area contributed by atoms with Gasteiger partial charge in [0.15, 0.2) is 0 Å². The minimum atomic E-state index is 0.167. The van der Waals surface area contributed by atoms with Crippen LogP contribution in [0.15, 0.2) is 29.3 Å². The molecule has 6 rings (SSSR count). The van der Waals surface area contributed by atoms with Gasteiger partial charge in [-0.25, -0.2) is 4.99 Å². The minimum Gasteiger partial charge on any atom is -0.361 e. The summed E-state index contributed by atoms with van der Waals surface area (Å²) in [4.78, 5) is 25.8. The molecule has 1 aromatic carbocycles. The first-order chi connectivity index (χ1) is 16.8. The molecule has 5 aliphatic rings. The number of amides is 1. The van der Waals surface area contributed by atoms with Crippen molar-refractivity contribution in [1.82, 2.24) is 15.1 Å². The second-order valence-corrected chi connectivity index (χ2v) is 11.3. The number of para-hydroxylation sites is 2. The molecule has 184 valence electrons. The maximum Gasteiger partial charge on any atom is 0.270 e. The van der Waals surface area contributed by atoms with Crippen LogP contribution >= 0.6 is 0 Å². The largest absolute Gasteiger partial charge is 0.361 e. The van der Waals surface area contributed by atoms with E-state index in [-0.39, 0.29) is 5.91 Å². The zero-order chi connectivity index (χ0) is 22.9. The van der Waals surface area contributed by atoms with Crippen LogP contribution in [-0.4, -0.2) is 79.3 Å². The number of rotatable bonds is 3. The van der Waals surface area contributed by atoms with Crippen LogP contribution in [-0.2, 0) is 4.79 Å². The molecule has 1 saturated carbocycles. The highest BCUT2D eigenvalue weighted by molar-refractivity contribution is 6.41. The molecular formula is C28H41N5O. The number of hydrogen-bond acceptors (Lipinski definition) is 5. The molecular weight excluding hydrogens is 422 g/mol. The number of likely N-dealkylation sites (tertiary alicyclic amines) is 2. The Balaban J connectivity index is 1.14. The molecule has 1 amide bonds. The molecule has 1 aromatic rings. The average molecular weight is 464 g/mol. The Labute approximate surface area is 204 Å². The third kappa shape index (κ3) is 4.51. The average Bonchev–Trinajstić information content (AvgIpc) is 3.46. The fraction of sp³-hybridized carbons (Fsp3) is 0.714. The molecule has 2 unspecified atom stereocenters. The normalized spacial score (nSPS) is 29.4. The van der Waals surface area contributed by atoms with E-state index in [9.17, 15) is 4.79 Å². The second kappa shape index (κ2) is 9.98. The number of nitrogens with zero attached hydrogens (tertiary/aromatic N) is 4. The van der Waals surface area contributed by atoms with Crippen molar-refractivity contribution < 1.29 is 4.79 Å². The molecule has 34 heavy (non-hydrogen) atoms. The number of nitrogens with one attached hydrogen (secondary N) is 1. The number of anilines is 1. The van der Waals surface area contributed by atoms with E-state index in [1.807, 2.05) is 0 Å². The fourth-order valence-corrected chi connectivity index (χ4v) is 7.24. The summed E-state index contributed by atoms with van der Waals surface area (Å²) in [5.74, 6) is 1.41. The highest BCUT2D eigenvalue weighted by atomic mass is 16.2. The highest BCUT2D eigenvalue weighted by Gasteiger charge is 2.40. The van der Waals surface area contributed by atoms with Gasteiger partial charge in [-0.3, -0.25) is 4.79 Å². The molecule has 0 radical (unpaired) electrons. The maximum atomic E-state index is 13.5. The van der Waals surface area contributed by atoms with Gasteiger partial charge in [0.2, 0.25) is 0 Å². The van der Waals surface area contributed by atoms with E-state index < -0.39 is 0 Å². The molecule has 1 aliphatic carbocycles. The zero-order valence-corrected chi connectivity index (χ0v) is 20.6. The molecule has 0 aromatic heterocycles. The third-order valence-corrected chi connectivity index (χ3v) is 9.22. The van der Waals surface area contributed by atoms with Crippen LogP contribution < -0.4 is 10.2 Å². The van der Waals surface area contributed by atoms with E-state index in [0.717, 1.165) is 43.6 Å². The van der Waals surface area contributed by atoms with Gasteiger partial charge in [-0.05, 0) is 49.7 Å². The smallest absolute Gasteiger partial charge is 0.270 e. The van der Waals surface area contributed by atoms with Crippen molar-refractivity contribution in [3.8, 4) is 0 Å². The Kier molecular flexibility index (Phi) is 6.62. The van der Waals surface area contributed by atoms with Gasteiger partial charge in [0.05, 0.1) is 17.9 Å². The fourth-order valence-electron chi connectivity index (χ4n) is 7.24. The number of benzene rings is 1. The van der Waals surface area contributed by atoms with Crippen molar-refractivity contribution in [3.63, 3.8) is 0 Å². The Morgan fingerprint density at radius 1 is 0.853 bits per heavy atom. The quantitative estimate of drug-likeness (QED) is 0.740. The lowest BCUT2D eigenvalue weighted by Crippen LogP contribution is -2.52. The number of aliphatic imine (C=N–C) groups is 1. The number of fused-ring (bicyclic) bond motifs is 2. The summed E-state index contributed by atoms with van der Waals surface area (Å²) >= 11 is 0. The van der Waals surface area contributed by atoms with Gasteiger partial charge in [-0.1, -0.05) is 44.2 Å². The lowest BCUT2D eigenvalue weighted by molar-refractivity contribution is -0.123. The molecule has 3 saturated heterocycles. The maximum absolute atomic E-state index is 13.5. The standard InChI is InChI=1S/C28H41N5O/c34-28(32-18-21-16-29-17-22(21)19-32)26-20-33(27-11-7-6-10-25(27)30-26)24-12-14-31(15-13-24)23-8-4-2-1-3-5-9-23/h6-7,10-11,21-24,29H,1-5,8-9,12-20H2. The molecule has 6 nitrogen and oxygen atoms in total. The van der Waals surface area contributed by atoms with Crippen LogP contribution in [0.3, 0.4) is 0 Å². The first-order valence-corrected chi connectivity index (χ1v) is 13.9. The summed E-state index contributed by atoms with van der Waals surface area (Å²) in [6.07, 6.45) is 12.2. The van der Waals surface area contributed by atoms with E-state index in [4.69, 9.17) is 4.99 Å². The van der Waals surface area contributed by atoms with E-state index in [2.05, 4.69) is 44.3 Å². The minimum absolute atomic E-state index is 0.167. The lowest BCUT2D eigenvalue weighted by atomic mass is 9.92. The Morgan fingerprint density at radius 3 is 2.26 bits per heavy atom. The number of carbonyl (C=O) groups excluding carboxylic acids is 1. The van der Waals surface area contributed by atoms with Crippen molar-refractivity contribution in [2.24, 2.45) is 16.8 Å². The van der Waals surface area contributed by atoms with Crippen LogP contribution in [0.25, 0.3) is 0 Å². The van der Waals surface area contributed by atoms with Gasteiger partial charge >= 0.3 is 0 Å². The Morgan fingerprint density at radius 2 is 1.53 bits per heavy atom. The van der Waals surface area contributed by atoms with E-state index >= 15 is 0 Å². The van der Waals surface area contributed by atoms with E-state index in [1.54, 1.807) is 0 Å². The molecule has 6 heteroatoms. The first kappa shape index (κ1) is 22.5. The van der Waals surface area contributed by atoms with Gasteiger partial charge < -0.3 is 20.0 Å². The van der Waals surface area contributed by atoms with Crippen molar-refractivity contribution in [1.29, 1.82) is 0 Å². The summed E-state index contributed by atoms with van der Waals surface area (Å²) in [7, 11) is 0. The van der Waals surface area contributed by atoms with Crippen molar-refractivity contribution in [2.75, 3.05) is 50.7 Å². The van der Waals surface area contributed by atoms with Crippen LogP contribution in [0.5, 0.6) is 0 Å². The van der Waals surface area contributed by atoms with Crippen molar-refractivity contribution in [3.05, 3.63) is 24.3 Å². The molecule has 4 aliphatic heterocycles. The SMILES string of the molecule is O=C(C1=Nc2ccccc2N(C2CCN(C3CCCCCCC3)CC2)C1)N1CC2CNCC2C1. The van der Waals surface area contributed by atoms with Crippen LogP contribution in [0, 0.1) is 11.8 Å². The van der Waals surface area contributed by atoms with Gasteiger partial charge in [0.1, 0.15) is 5.71 Å². The van der Waals surface area contributed by atoms with Crippen LogP contribution in [0.2, 0.25) is 0 Å². The van der Waals surface area contributed by atoms with Crippen LogP contribution in [0.1, 0.15) is 57.8 Å². The molecule has 4 fully saturated rings. The summed E-state index contributed by atoms with van der Waals surface area (Å²) in [6.45, 7) is 6.92. The predicted molar refractivity (Wildman–Crippen MR) is 138 cm³/mol. The summed E-state index contributed by atoms with van der Waals surface area (Å²) in [5.41, 5.74) is 2.93. The molecule has 2 atom stereocenters. The number of hydrogen-bond donors (Lipinski definition) is 1. The van der Waals surface area contributed by atoms with Gasteiger partial charge in [-0.15, -0.1) is 0 Å². The third-order valence-electron chi connectivity index (χ3n) is 9.22. The monoisotopic (exact) mass is 463 g/mol. The lowest BCUT2D eigenvalue weighted by Gasteiger charge is -2.44. The zero-order valence-electron chi connectivity index (χ0n) is 20.6. The van der Waals surface area contributed by atoms with Gasteiger partial charge in [0.25, 0.3) is 5.91 Å². The molecule has 1 N–H and O–H groups in total. The number of piperidine rings is 1. The van der Waals surface area contributed by atoms with Gasteiger partial charge in [-0.2, -0.15) is 0 Å². The van der Waals surface area contributed by atoms with E-state index in [0.29, 0.717) is 24.4 Å². The highest BCUT2D eigenvalue weighted by Crippen LogP contribution is 2.37. The van der Waals surface area contributed by atoms with Crippen LogP contribution in [0.4, 0.5) is 11.4 Å². The Bertz CT molecular complexity index is 888. The van der Waals surface area contributed by atoms with Crippen molar-refractivity contribution in [2.45, 2.75) is 69.9 Å². The summed E-state index contributed by atoms with van der Waals surface area (Å²) < 4.78 is 0. The first-order valence-electron chi connectivity index (χ1n) is 13.9. The number of carbonyl (C=O) groups is 1. The summed E-state index contributed by atoms with van der Waals surface area (Å²) in [5, 5.41) is 3.48. The van der Waals surface area contributed by atoms with E-state index in [1.165, 1.54) is 76.6 Å². The second-order valence-electron chi connectivity index (χ2n) is 11.3. The molecule has 4 heterocycles. The Hall–Kier alpha value is -1.92. The topological polar surface area (TPSA) is 51.2 Å². The molecule has 0 spiro atoms. The predicted octanol–water partition coefficient (Wildman–Crippen LogP) is 3.83. The summed E-state index contributed by atoms with van der Waals surface area (Å²) in [6, 6.07) is 9.74. The molecule has 0 bridgehead atoms. The van der Waals surface area contributed by atoms with Gasteiger partial charge in [0, 0.05) is 51.4 Å².